The standard InChI is InChI=1S/C30H30FN5O4S/c1-30(25-3-2-4-27(34-25)40-18-20-6-5-19(15-32)13-22(20)31)8-10-35(11-9-30)17-26-33-23-14-24(29(37)38)41-28(23)36(26)16-21-7-12-39-21/h2-6,13-14,21H,7-12,16-18H2,1H3,(H,37,38)/t21-/m0/s1. The highest BCUT2D eigenvalue weighted by Gasteiger charge is 2.34. The number of pyridine rings is 1. The maximum atomic E-state index is 14.3. The van der Waals surface area contributed by atoms with Crippen molar-refractivity contribution in [1.82, 2.24) is 19.4 Å². The molecule has 0 spiro atoms. The number of halogens is 1. The van der Waals surface area contributed by atoms with Crippen LogP contribution in [0.1, 0.15) is 58.5 Å². The predicted molar refractivity (Wildman–Crippen MR) is 150 cm³/mol. The molecule has 2 saturated heterocycles. The lowest BCUT2D eigenvalue weighted by Gasteiger charge is -2.39. The second-order valence-corrected chi connectivity index (χ2v) is 12.0. The van der Waals surface area contributed by atoms with Gasteiger partial charge in [0.1, 0.15) is 33.5 Å². The largest absolute Gasteiger partial charge is 0.477 e. The third-order valence-corrected chi connectivity index (χ3v) is 9.25. The number of ether oxygens (including phenoxy) is 2. The second kappa shape index (κ2) is 11.2. The zero-order valence-corrected chi connectivity index (χ0v) is 23.5. The summed E-state index contributed by atoms with van der Waals surface area (Å²) in [7, 11) is 0. The predicted octanol–water partition coefficient (Wildman–Crippen LogP) is 5.12. The molecule has 212 valence electrons. The van der Waals surface area contributed by atoms with Crippen molar-refractivity contribution in [2.75, 3.05) is 19.7 Å². The van der Waals surface area contributed by atoms with Crippen LogP contribution in [0.15, 0.2) is 42.5 Å². The van der Waals surface area contributed by atoms with Crippen molar-refractivity contribution < 1.29 is 23.8 Å². The molecule has 1 N–H and O–H groups in total. The number of aromatic nitrogens is 3. The third kappa shape index (κ3) is 5.68. The molecule has 11 heteroatoms. The molecule has 1 atom stereocenters. The Bertz CT molecular complexity index is 1630. The number of rotatable bonds is 9. The van der Waals surface area contributed by atoms with Gasteiger partial charge in [0.25, 0.3) is 0 Å². The molecular weight excluding hydrogens is 545 g/mol. The summed E-state index contributed by atoms with van der Waals surface area (Å²) in [5.41, 5.74) is 2.18. The van der Waals surface area contributed by atoms with E-state index < -0.39 is 11.8 Å². The lowest BCUT2D eigenvalue weighted by molar-refractivity contribution is -0.0591. The van der Waals surface area contributed by atoms with E-state index in [1.807, 2.05) is 18.2 Å². The summed E-state index contributed by atoms with van der Waals surface area (Å²) >= 11 is 1.27. The topological polar surface area (TPSA) is 114 Å². The van der Waals surface area contributed by atoms with Gasteiger partial charge in [0.05, 0.1) is 36.5 Å². The molecule has 4 aromatic rings. The molecular formula is C30H30FN5O4S. The van der Waals surface area contributed by atoms with Crippen molar-refractivity contribution in [3.05, 3.63) is 75.8 Å². The van der Waals surface area contributed by atoms with E-state index in [1.54, 1.807) is 24.3 Å². The van der Waals surface area contributed by atoms with Crippen LogP contribution in [0.2, 0.25) is 0 Å². The number of carboxylic acid groups (broad SMARTS) is 1. The van der Waals surface area contributed by atoms with Crippen molar-refractivity contribution in [3.8, 4) is 11.9 Å². The van der Waals surface area contributed by atoms with E-state index in [9.17, 15) is 14.3 Å². The van der Waals surface area contributed by atoms with Gasteiger partial charge in [-0.05, 0) is 56.6 Å². The first-order valence-corrected chi connectivity index (χ1v) is 14.5. The van der Waals surface area contributed by atoms with E-state index >= 15 is 0 Å². The van der Waals surface area contributed by atoms with E-state index in [0.717, 1.165) is 60.8 Å². The summed E-state index contributed by atoms with van der Waals surface area (Å²) in [6.45, 7) is 6.10. The van der Waals surface area contributed by atoms with Gasteiger partial charge in [-0.15, -0.1) is 11.3 Å². The van der Waals surface area contributed by atoms with Gasteiger partial charge in [0, 0.05) is 23.7 Å². The number of nitrogens with zero attached hydrogens (tertiary/aromatic N) is 5. The molecule has 1 aromatic carbocycles. The van der Waals surface area contributed by atoms with Crippen molar-refractivity contribution in [2.45, 2.75) is 57.4 Å². The molecule has 2 fully saturated rings. The minimum absolute atomic E-state index is 0.0302. The highest BCUT2D eigenvalue weighted by atomic mass is 32.1. The Hall–Kier alpha value is -3.85. The highest BCUT2D eigenvalue weighted by Crippen LogP contribution is 2.36. The fourth-order valence-corrected chi connectivity index (χ4v) is 6.35. The molecule has 0 bridgehead atoms. The monoisotopic (exact) mass is 575 g/mol. The van der Waals surface area contributed by atoms with E-state index in [1.165, 1.54) is 17.4 Å². The summed E-state index contributed by atoms with van der Waals surface area (Å²) in [6.07, 6.45) is 2.94. The maximum Gasteiger partial charge on any atom is 0.346 e. The molecule has 6 rings (SSSR count). The van der Waals surface area contributed by atoms with E-state index in [0.29, 0.717) is 29.4 Å². The Morgan fingerprint density at radius 2 is 2.07 bits per heavy atom. The zero-order chi connectivity index (χ0) is 28.6. The number of benzene rings is 1. The number of carboxylic acids is 1. The molecule has 2 aliphatic rings. The second-order valence-electron chi connectivity index (χ2n) is 10.9. The first-order valence-electron chi connectivity index (χ1n) is 13.7. The van der Waals surface area contributed by atoms with Crippen LogP contribution in [0.5, 0.6) is 5.88 Å². The van der Waals surface area contributed by atoms with Gasteiger partial charge in [-0.2, -0.15) is 5.26 Å². The summed E-state index contributed by atoms with van der Waals surface area (Å²) in [6, 6.07) is 13.7. The Balaban J connectivity index is 1.11. The molecule has 0 unspecified atom stereocenters. The molecule has 3 aromatic heterocycles. The molecule has 0 radical (unpaired) electrons. The molecule has 9 nitrogen and oxygen atoms in total. The quantitative estimate of drug-likeness (QED) is 0.293. The maximum absolute atomic E-state index is 14.3. The molecule has 0 aliphatic carbocycles. The van der Waals surface area contributed by atoms with E-state index in [-0.39, 0.29) is 23.7 Å². The number of imidazole rings is 1. The fourth-order valence-electron chi connectivity index (χ4n) is 5.39. The van der Waals surface area contributed by atoms with Gasteiger partial charge < -0.3 is 19.1 Å². The zero-order valence-electron chi connectivity index (χ0n) is 22.7. The molecule has 2 aliphatic heterocycles. The van der Waals surface area contributed by atoms with Gasteiger partial charge >= 0.3 is 5.97 Å². The Labute approximate surface area is 240 Å². The lowest BCUT2D eigenvalue weighted by Crippen LogP contribution is -2.41. The smallest absolute Gasteiger partial charge is 0.346 e. The highest BCUT2D eigenvalue weighted by molar-refractivity contribution is 7.20. The van der Waals surface area contributed by atoms with Crippen molar-refractivity contribution >= 4 is 27.7 Å². The fraction of sp³-hybridized carbons (Fsp3) is 0.400. The molecule has 41 heavy (non-hydrogen) atoms. The average molecular weight is 576 g/mol. The van der Waals surface area contributed by atoms with Crippen molar-refractivity contribution in [3.63, 3.8) is 0 Å². The van der Waals surface area contributed by atoms with Crippen molar-refractivity contribution in [2.24, 2.45) is 0 Å². The van der Waals surface area contributed by atoms with Crippen LogP contribution in [0.4, 0.5) is 4.39 Å². The number of fused-ring (bicyclic) bond motifs is 1. The summed E-state index contributed by atoms with van der Waals surface area (Å²) < 4.78 is 27.9. The van der Waals surface area contributed by atoms with Crippen LogP contribution in [0.25, 0.3) is 10.3 Å². The van der Waals surface area contributed by atoms with E-state index in [4.69, 9.17) is 24.7 Å². The first kappa shape index (κ1) is 27.3. The van der Waals surface area contributed by atoms with Gasteiger partial charge in [0.2, 0.25) is 5.88 Å². The van der Waals surface area contributed by atoms with Gasteiger partial charge in [-0.1, -0.05) is 19.1 Å². The Morgan fingerprint density at radius 3 is 2.76 bits per heavy atom. The number of nitriles is 1. The Kier molecular flexibility index (Phi) is 7.46. The number of thiophene rings is 1. The van der Waals surface area contributed by atoms with Gasteiger partial charge in [0.15, 0.2) is 0 Å². The summed E-state index contributed by atoms with van der Waals surface area (Å²) in [4.78, 5) is 24.7. The number of aromatic carboxylic acids is 1. The van der Waals surface area contributed by atoms with Gasteiger partial charge in [-0.25, -0.2) is 19.2 Å². The molecule has 5 heterocycles. The number of carbonyl (C=O) groups is 1. The minimum atomic E-state index is -0.930. The number of hydrogen-bond acceptors (Lipinski definition) is 8. The van der Waals surface area contributed by atoms with Crippen LogP contribution < -0.4 is 4.74 Å². The lowest BCUT2D eigenvalue weighted by atomic mass is 9.77. The van der Waals surface area contributed by atoms with Crippen LogP contribution in [-0.2, 0) is 29.8 Å². The van der Waals surface area contributed by atoms with Crippen LogP contribution in [0, 0.1) is 17.1 Å². The molecule has 0 amide bonds. The molecule has 0 saturated carbocycles. The average Bonchev–Trinajstić information content (AvgIpc) is 3.50. The SMILES string of the molecule is CC1(c2cccc(OCc3ccc(C#N)cc3F)n2)CCN(Cc2nc3cc(C(=O)O)sc3n2C[C@@H]2CCO2)CC1. The van der Waals surface area contributed by atoms with Crippen molar-refractivity contribution in [1.29, 1.82) is 5.26 Å². The normalized spacial score (nSPS) is 18.6. The number of piperidine rings is 1. The van der Waals surface area contributed by atoms with Crippen LogP contribution >= 0.6 is 11.3 Å². The van der Waals surface area contributed by atoms with Crippen LogP contribution in [0.3, 0.4) is 0 Å². The number of hydrogen-bond donors (Lipinski definition) is 1. The number of likely N-dealkylation sites (tertiary alicyclic amines) is 1. The summed E-state index contributed by atoms with van der Waals surface area (Å²) in [5, 5.41) is 18.4. The Morgan fingerprint density at radius 1 is 1.27 bits per heavy atom. The van der Waals surface area contributed by atoms with E-state index in [2.05, 4.69) is 16.4 Å². The van der Waals surface area contributed by atoms with Gasteiger partial charge in [-0.3, -0.25) is 4.90 Å². The third-order valence-electron chi connectivity index (χ3n) is 8.11. The summed E-state index contributed by atoms with van der Waals surface area (Å²) in [5.74, 6) is -0.0230. The minimum Gasteiger partial charge on any atom is -0.477 e. The first-order chi connectivity index (χ1) is 19.8. The van der Waals surface area contributed by atoms with Crippen LogP contribution in [-0.4, -0.2) is 56.3 Å².